The normalized spacial score (nSPS) is 11.0. The molecule has 0 saturated carbocycles. The molecule has 0 unspecified atom stereocenters. The quantitative estimate of drug-likeness (QED) is 0.664. The molecule has 0 N–H and O–H groups in total. The van der Waals surface area contributed by atoms with Gasteiger partial charge < -0.3 is 9.47 Å². The second-order valence-electron chi connectivity index (χ2n) is 4.66. The van der Waals surface area contributed by atoms with E-state index in [1.54, 1.807) is 30.3 Å². The molecule has 0 saturated heterocycles. The van der Waals surface area contributed by atoms with Crippen LogP contribution in [-0.4, -0.2) is 19.5 Å². The van der Waals surface area contributed by atoms with E-state index in [1.165, 1.54) is 19.2 Å². The molecule has 2 rings (SSSR count). The Kier molecular flexibility index (Phi) is 5.71. The molecule has 0 aliphatic rings. The van der Waals surface area contributed by atoms with Crippen LogP contribution in [0.4, 0.5) is 23.7 Å². The standard InChI is InChI=1S/C16H13BrF3NO3/c1-23-14-8-7-12(17)9-13(14)21(16(18,19)20)15(22)24-10-11-5-3-2-4-6-11/h2-9H,10H2,1H3. The highest BCUT2D eigenvalue weighted by molar-refractivity contribution is 9.10. The molecule has 24 heavy (non-hydrogen) atoms. The maximum absolute atomic E-state index is 13.4. The van der Waals surface area contributed by atoms with Crippen LogP contribution in [0.3, 0.4) is 0 Å². The van der Waals surface area contributed by atoms with Gasteiger partial charge in [-0.05, 0) is 23.8 Å². The van der Waals surface area contributed by atoms with Crippen molar-refractivity contribution in [1.29, 1.82) is 0 Å². The number of amides is 1. The summed E-state index contributed by atoms with van der Waals surface area (Å²) in [6.45, 7) is -0.275. The fraction of sp³-hybridized carbons (Fsp3) is 0.188. The number of methoxy groups -OCH3 is 1. The monoisotopic (exact) mass is 403 g/mol. The Labute approximate surface area is 144 Å². The van der Waals surface area contributed by atoms with Crippen molar-refractivity contribution < 1.29 is 27.4 Å². The summed E-state index contributed by atoms with van der Waals surface area (Å²) in [6, 6.07) is 12.4. The second kappa shape index (κ2) is 7.57. The third-order valence-corrected chi connectivity index (χ3v) is 3.52. The summed E-state index contributed by atoms with van der Waals surface area (Å²) < 4.78 is 50.2. The summed E-state index contributed by atoms with van der Waals surface area (Å²) in [6.07, 6.45) is -6.51. The molecule has 0 aromatic heterocycles. The van der Waals surface area contributed by atoms with E-state index in [0.717, 1.165) is 6.07 Å². The molecule has 2 aromatic rings. The van der Waals surface area contributed by atoms with Crippen molar-refractivity contribution in [2.45, 2.75) is 12.9 Å². The van der Waals surface area contributed by atoms with E-state index in [9.17, 15) is 18.0 Å². The van der Waals surface area contributed by atoms with Gasteiger partial charge in [-0.25, -0.2) is 4.79 Å². The fourth-order valence-corrected chi connectivity index (χ4v) is 2.31. The summed E-state index contributed by atoms with van der Waals surface area (Å²) in [5, 5.41) is 0. The van der Waals surface area contributed by atoms with Crippen LogP contribution < -0.4 is 9.64 Å². The number of carbonyl (C=O) groups excluding carboxylic acids is 1. The molecule has 0 fully saturated rings. The van der Waals surface area contributed by atoms with Crippen LogP contribution in [0.2, 0.25) is 0 Å². The summed E-state index contributed by atoms with van der Waals surface area (Å²) in [7, 11) is 1.22. The average Bonchev–Trinajstić information content (AvgIpc) is 2.53. The molecule has 128 valence electrons. The minimum absolute atomic E-state index is 0.104. The van der Waals surface area contributed by atoms with E-state index in [2.05, 4.69) is 15.9 Å². The Hall–Kier alpha value is -2.22. The van der Waals surface area contributed by atoms with Crippen LogP contribution in [-0.2, 0) is 11.3 Å². The van der Waals surface area contributed by atoms with Crippen LogP contribution in [0.15, 0.2) is 53.0 Å². The number of halogens is 4. The number of nitrogens with zero attached hydrogens (tertiary/aromatic N) is 1. The predicted molar refractivity (Wildman–Crippen MR) is 85.9 cm³/mol. The fourth-order valence-electron chi connectivity index (χ4n) is 1.96. The minimum Gasteiger partial charge on any atom is -0.495 e. The summed E-state index contributed by atoms with van der Waals surface area (Å²) in [5.41, 5.74) is 0.117. The Bertz CT molecular complexity index is 707. The Morgan fingerprint density at radius 3 is 2.42 bits per heavy atom. The smallest absolute Gasteiger partial charge is 0.494 e. The lowest BCUT2D eigenvalue weighted by atomic mass is 10.2. The number of rotatable bonds is 4. The predicted octanol–water partition coefficient (Wildman–Crippen LogP) is 5.12. The van der Waals surface area contributed by atoms with Crippen LogP contribution in [0, 0.1) is 0 Å². The highest BCUT2D eigenvalue weighted by Crippen LogP contribution is 2.38. The number of hydrogen-bond acceptors (Lipinski definition) is 3. The largest absolute Gasteiger partial charge is 0.495 e. The van der Waals surface area contributed by atoms with Crippen molar-refractivity contribution in [1.82, 2.24) is 0 Å². The van der Waals surface area contributed by atoms with Gasteiger partial charge in [0, 0.05) is 4.47 Å². The lowest BCUT2D eigenvalue weighted by Crippen LogP contribution is -2.43. The van der Waals surface area contributed by atoms with Gasteiger partial charge in [0.25, 0.3) is 0 Å². The van der Waals surface area contributed by atoms with Gasteiger partial charge >= 0.3 is 12.4 Å². The molecular formula is C16H13BrF3NO3. The molecule has 0 spiro atoms. The second-order valence-corrected chi connectivity index (χ2v) is 5.58. The number of ether oxygens (including phenoxy) is 2. The van der Waals surface area contributed by atoms with E-state index < -0.39 is 18.1 Å². The molecule has 2 aromatic carbocycles. The van der Waals surface area contributed by atoms with Gasteiger partial charge in [0.2, 0.25) is 0 Å². The number of benzene rings is 2. The average molecular weight is 404 g/mol. The van der Waals surface area contributed by atoms with Gasteiger partial charge in [-0.15, -0.1) is 13.2 Å². The zero-order chi connectivity index (χ0) is 17.7. The third-order valence-electron chi connectivity index (χ3n) is 3.02. The van der Waals surface area contributed by atoms with Crippen molar-refractivity contribution in [2.24, 2.45) is 0 Å². The first-order chi connectivity index (χ1) is 11.3. The maximum atomic E-state index is 13.4. The number of anilines is 1. The number of hydrogen-bond donors (Lipinski definition) is 0. The van der Waals surface area contributed by atoms with Gasteiger partial charge in [-0.3, -0.25) is 0 Å². The molecule has 1 amide bonds. The molecule has 4 nitrogen and oxygen atoms in total. The Balaban J connectivity index is 2.29. The van der Waals surface area contributed by atoms with Crippen molar-refractivity contribution in [3.8, 4) is 5.75 Å². The highest BCUT2D eigenvalue weighted by atomic mass is 79.9. The van der Waals surface area contributed by atoms with E-state index in [-0.39, 0.29) is 17.3 Å². The van der Waals surface area contributed by atoms with Crippen molar-refractivity contribution >= 4 is 27.7 Å². The summed E-state index contributed by atoms with van der Waals surface area (Å²) >= 11 is 3.08. The lowest BCUT2D eigenvalue weighted by molar-refractivity contribution is -0.125. The topological polar surface area (TPSA) is 38.8 Å². The first kappa shape index (κ1) is 18.1. The van der Waals surface area contributed by atoms with Gasteiger partial charge in [0.05, 0.1) is 12.8 Å². The van der Waals surface area contributed by atoms with Crippen molar-refractivity contribution in [2.75, 3.05) is 12.0 Å². The zero-order valence-corrected chi connectivity index (χ0v) is 14.1. The molecule has 0 aliphatic carbocycles. The molecular weight excluding hydrogens is 391 g/mol. The van der Waals surface area contributed by atoms with E-state index in [0.29, 0.717) is 10.0 Å². The summed E-state index contributed by atoms with van der Waals surface area (Å²) in [5.74, 6) is -0.104. The summed E-state index contributed by atoms with van der Waals surface area (Å²) in [4.78, 5) is 11.7. The minimum atomic E-state index is -4.97. The molecule has 0 bridgehead atoms. The molecule has 0 aliphatic heterocycles. The van der Waals surface area contributed by atoms with Gasteiger partial charge in [-0.1, -0.05) is 46.3 Å². The number of alkyl halides is 3. The van der Waals surface area contributed by atoms with E-state index >= 15 is 0 Å². The maximum Gasteiger partial charge on any atom is 0.494 e. The first-order valence-corrected chi connectivity index (χ1v) is 7.53. The Morgan fingerprint density at radius 2 is 1.83 bits per heavy atom. The molecule has 0 heterocycles. The number of carbonyl (C=O) groups is 1. The van der Waals surface area contributed by atoms with Crippen LogP contribution >= 0.6 is 15.9 Å². The van der Waals surface area contributed by atoms with Crippen LogP contribution in [0.1, 0.15) is 5.56 Å². The van der Waals surface area contributed by atoms with Crippen molar-refractivity contribution in [3.63, 3.8) is 0 Å². The van der Waals surface area contributed by atoms with Gasteiger partial charge in [0.1, 0.15) is 12.4 Å². The zero-order valence-electron chi connectivity index (χ0n) is 12.5. The lowest BCUT2D eigenvalue weighted by Gasteiger charge is -2.26. The van der Waals surface area contributed by atoms with E-state index in [1.807, 2.05) is 0 Å². The molecule has 8 heteroatoms. The van der Waals surface area contributed by atoms with Crippen LogP contribution in [0.5, 0.6) is 5.75 Å². The van der Waals surface area contributed by atoms with Gasteiger partial charge in [0.15, 0.2) is 0 Å². The SMILES string of the molecule is COc1ccc(Br)cc1N(C(=O)OCc1ccccc1)C(F)(F)F. The molecule has 0 atom stereocenters. The first-order valence-electron chi connectivity index (χ1n) is 6.74. The molecule has 0 radical (unpaired) electrons. The van der Waals surface area contributed by atoms with Crippen molar-refractivity contribution in [3.05, 3.63) is 58.6 Å². The van der Waals surface area contributed by atoms with E-state index in [4.69, 9.17) is 9.47 Å². The third kappa shape index (κ3) is 4.41. The van der Waals surface area contributed by atoms with Gasteiger partial charge in [-0.2, -0.15) is 4.90 Å². The Morgan fingerprint density at radius 1 is 1.17 bits per heavy atom. The highest BCUT2D eigenvalue weighted by Gasteiger charge is 2.45. The van der Waals surface area contributed by atoms with Crippen LogP contribution in [0.25, 0.3) is 0 Å².